The van der Waals surface area contributed by atoms with E-state index < -0.39 is 0 Å². The van der Waals surface area contributed by atoms with Crippen LogP contribution in [0.1, 0.15) is 34.7 Å². The van der Waals surface area contributed by atoms with Gasteiger partial charge in [-0.3, -0.25) is 9.36 Å². The fraction of sp³-hybridized carbons (Fsp3) is 0.133. The van der Waals surface area contributed by atoms with Crippen molar-refractivity contribution in [1.29, 1.82) is 0 Å². The van der Waals surface area contributed by atoms with Gasteiger partial charge in [-0.1, -0.05) is 65.9 Å². The molecule has 0 spiro atoms. The third-order valence-corrected chi connectivity index (χ3v) is 8.20. The highest BCUT2D eigenvalue weighted by Gasteiger charge is 2.32. The normalized spacial score (nSPS) is 16.9. The van der Waals surface area contributed by atoms with Crippen molar-refractivity contribution in [2.24, 2.45) is 4.99 Å². The van der Waals surface area contributed by atoms with Crippen molar-refractivity contribution in [3.8, 4) is 5.75 Å². The minimum Gasteiger partial charge on any atom is -0.497 e. The average molecular weight is 490 g/mol. The predicted molar refractivity (Wildman–Crippen MR) is 144 cm³/mol. The number of H-pyrrole nitrogens is 1. The zero-order chi connectivity index (χ0) is 24.2. The molecule has 2 aliphatic rings. The maximum atomic E-state index is 13.9. The number of ether oxygens (including phenoxy) is 1. The number of aromatic amines is 1. The minimum absolute atomic E-state index is 0.00439. The molecule has 3 heterocycles. The molecule has 5 nitrogen and oxygen atoms in total. The van der Waals surface area contributed by atoms with Crippen LogP contribution in [0.25, 0.3) is 22.7 Å². The van der Waals surface area contributed by atoms with Gasteiger partial charge in [-0.05, 0) is 53.8 Å². The van der Waals surface area contributed by atoms with Gasteiger partial charge in [0, 0.05) is 28.2 Å². The highest BCUT2D eigenvalue weighted by molar-refractivity contribution is 7.07. The lowest BCUT2D eigenvalue weighted by Crippen LogP contribution is -2.38. The number of thiazole rings is 1. The fourth-order valence-corrected chi connectivity index (χ4v) is 6.46. The van der Waals surface area contributed by atoms with Gasteiger partial charge in [0.15, 0.2) is 4.80 Å². The van der Waals surface area contributed by atoms with Gasteiger partial charge in [0.25, 0.3) is 5.56 Å². The number of allylic oxidation sites excluding steroid dienone is 1. The van der Waals surface area contributed by atoms with Crippen molar-refractivity contribution in [1.82, 2.24) is 9.55 Å². The lowest BCUT2D eigenvalue weighted by Gasteiger charge is -2.30. The van der Waals surface area contributed by atoms with Crippen molar-refractivity contribution < 1.29 is 4.74 Å². The number of nitrogens with zero attached hydrogens (tertiary/aromatic N) is 2. The van der Waals surface area contributed by atoms with Gasteiger partial charge in [-0.15, -0.1) is 0 Å². The van der Waals surface area contributed by atoms with Crippen LogP contribution in [-0.4, -0.2) is 16.7 Å². The SMILES string of the molecule is COc1ccc(C2C3=C(N=c4sc(=Cc5c[nH]c6ccccc56)c(=O)n42)c2ccccc2CC3)cc1. The Bertz CT molecular complexity index is 1850. The van der Waals surface area contributed by atoms with Crippen LogP contribution in [0.3, 0.4) is 0 Å². The Morgan fingerprint density at radius 2 is 1.83 bits per heavy atom. The number of para-hydroxylation sites is 1. The summed E-state index contributed by atoms with van der Waals surface area (Å²) in [5, 5.41) is 1.10. The maximum absolute atomic E-state index is 13.9. The lowest BCUT2D eigenvalue weighted by atomic mass is 9.83. The van der Waals surface area contributed by atoms with Crippen LogP contribution in [0.4, 0.5) is 0 Å². The number of rotatable bonds is 3. The standard InChI is InChI=1S/C30H23N3O2S/c1-35-21-13-10-19(11-14-21)28-24-15-12-18-6-2-3-8-23(18)27(24)32-30-33(28)29(34)26(36-30)16-20-17-31-25-9-5-4-7-22(20)25/h2-11,13-14,16-17,28,31H,12,15H2,1H3. The Labute approximate surface area is 211 Å². The van der Waals surface area contributed by atoms with E-state index in [1.54, 1.807) is 7.11 Å². The molecule has 36 heavy (non-hydrogen) atoms. The summed E-state index contributed by atoms with van der Waals surface area (Å²) in [5.41, 5.74) is 7.82. The van der Waals surface area contributed by atoms with Crippen LogP contribution in [0.5, 0.6) is 5.75 Å². The number of aromatic nitrogens is 2. The number of aryl methyl sites for hydroxylation is 1. The predicted octanol–water partition coefficient (Wildman–Crippen LogP) is 4.81. The van der Waals surface area contributed by atoms with Crippen molar-refractivity contribution in [3.05, 3.63) is 127 Å². The second-order valence-corrected chi connectivity index (χ2v) is 10.2. The molecule has 0 saturated carbocycles. The van der Waals surface area contributed by atoms with Crippen molar-refractivity contribution in [2.45, 2.75) is 18.9 Å². The minimum atomic E-state index is -0.194. The van der Waals surface area contributed by atoms with Crippen LogP contribution >= 0.6 is 11.3 Å². The molecule has 1 aliphatic heterocycles. The van der Waals surface area contributed by atoms with Gasteiger partial charge in [0.05, 0.1) is 23.4 Å². The lowest BCUT2D eigenvalue weighted by molar-refractivity contribution is 0.414. The Hall–Kier alpha value is -4.16. The van der Waals surface area contributed by atoms with Crippen molar-refractivity contribution in [3.63, 3.8) is 0 Å². The average Bonchev–Trinajstić information content (AvgIpc) is 3.48. The first-order valence-corrected chi connectivity index (χ1v) is 12.9. The number of nitrogens with one attached hydrogen (secondary N) is 1. The number of fused-ring (bicyclic) bond motifs is 4. The third-order valence-electron chi connectivity index (χ3n) is 7.21. The van der Waals surface area contributed by atoms with Crippen molar-refractivity contribution in [2.75, 3.05) is 7.11 Å². The van der Waals surface area contributed by atoms with E-state index >= 15 is 0 Å². The first-order valence-electron chi connectivity index (χ1n) is 12.0. The zero-order valence-electron chi connectivity index (χ0n) is 19.7. The molecule has 1 unspecified atom stereocenters. The van der Waals surface area contributed by atoms with E-state index in [1.165, 1.54) is 28.0 Å². The summed E-state index contributed by atoms with van der Waals surface area (Å²) < 4.78 is 7.97. The van der Waals surface area contributed by atoms with Crippen LogP contribution in [-0.2, 0) is 6.42 Å². The number of hydrogen-bond acceptors (Lipinski definition) is 4. The molecule has 0 bridgehead atoms. The molecular weight excluding hydrogens is 466 g/mol. The highest BCUT2D eigenvalue weighted by atomic mass is 32.1. The molecule has 176 valence electrons. The first kappa shape index (κ1) is 21.1. The molecule has 1 aliphatic carbocycles. The molecule has 0 radical (unpaired) electrons. The third kappa shape index (κ3) is 3.22. The molecule has 5 aromatic rings. The Balaban J connectivity index is 1.48. The Kier molecular flexibility index (Phi) is 4.82. The fourth-order valence-electron chi connectivity index (χ4n) is 5.46. The van der Waals surface area contributed by atoms with Gasteiger partial charge >= 0.3 is 0 Å². The Morgan fingerprint density at radius 3 is 2.69 bits per heavy atom. The summed E-state index contributed by atoms with van der Waals surface area (Å²) in [7, 11) is 1.67. The van der Waals surface area contributed by atoms with E-state index in [1.807, 2.05) is 47.2 Å². The molecular formula is C30H23N3O2S. The summed E-state index contributed by atoms with van der Waals surface area (Å²) in [6, 6.07) is 24.5. The zero-order valence-corrected chi connectivity index (χ0v) is 20.5. The Morgan fingerprint density at radius 1 is 1.03 bits per heavy atom. The van der Waals surface area contributed by atoms with Gasteiger partial charge in [0.1, 0.15) is 5.75 Å². The van der Waals surface area contributed by atoms with Crippen LogP contribution in [0.15, 0.2) is 94.4 Å². The summed E-state index contributed by atoms with van der Waals surface area (Å²) in [5.74, 6) is 0.800. The first-order chi connectivity index (χ1) is 17.7. The highest BCUT2D eigenvalue weighted by Crippen LogP contribution is 2.41. The molecule has 0 saturated heterocycles. The number of methoxy groups -OCH3 is 1. The molecule has 0 amide bonds. The van der Waals surface area contributed by atoms with E-state index in [4.69, 9.17) is 9.73 Å². The second kappa shape index (κ2) is 8.21. The van der Waals surface area contributed by atoms with Crippen LogP contribution < -0.4 is 19.6 Å². The van der Waals surface area contributed by atoms with E-state index in [9.17, 15) is 4.79 Å². The van der Waals surface area contributed by atoms with Gasteiger partial charge < -0.3 is 9.72 Å². The van der Waals surface area contributed by atoms with Crippen LogP contribution in [0, 0.1) is 0 Å². The van der Waals surface area contributed by atoms with E-state index in [-0.39, 0.29) is 11.6 Å². The second-order valence-electron chi connectivity index (χ2n) is 9.18. The molecule has 7 rings (SSSR count). The smallest absolute Gasteiger partial charge is 0.271 e. The summed E-state index contributed by atoms with van der Waals surface area (Å²) >= 11 is 1.46. The largest absolute Gasteiger partial charge is 0.497 e. The topological polar surface area (TPSA) is 59.4 Å². The molecule has 1 N–H and O–H groups in total. The van der Waals surface area contributed by atoms with Gasteiger partial charge in [-0.2, -0.15) is 0 Å². The van der Waals surface area contributed by atoms with Gasteiger partial charge in [0.2, 0.25) is 0 Å². The molecule has 1 atom stereocenters. The van der Waals surface area contributed by atoms with Crippen LogP contribution in [0.2, 0.25) is 0 Å². The molecule has 0 fully saturated rings. The van der Waals surface area contributed by atoms with E-state index in [0.29, 0.717) is 4.53 Å². The molecule has 3 aromatic carbocycles. The van der Waals surface area contributed by atoms with Crippen molar-refractivity contribution >= 4 is 34.0 Å². The summed E-state index contributed by atoms with van der Waals surface area (Å²) in [4.78, 5) is 23.1. The summed E-state index contributed by atoms with van der Waals surface area (Å²) in [6.45, 7) is 0. The van der Waals surface area contributed by atoms with Gasteiger partial charge in [-0.25, -0.2) is 4.99 Å². The monoisotopic (exact) mass is 489 g/mol. The summed E-state index contributed by atoms with van der Waals surface area (Å²) in [6.07, 6.45) is 5.77. The molecule has 2 aromatic heterocycles. The quantitative estimate of drug-likeness (QED) is 0.396. The van der Waals surface area contributed by atoms with E-state index in [2.05, 4.69) is 47.4 Å². The number of benzene rings is 3. The maximum Gasteiger partial charge on any atom is 0.271 e. The number of hydrogen-bond donors (Lipinski definition) is 1. The van der Waals surface area contributed by atoms with E-state index in [0.717, 1.165) is 51.1 Å². The molecule has 6 heteroatoms.